The third kappa shape index (κ3) is 4.75. The Balaban J connectivity index is 1.53. The van der Waals surface area contributed by atoms with Crippen LogP contribution < -0.4 is 14.5 Å². The quantitative estimate of drug-likeness (QED) is 0.753. The van der Waals surface area contributed by atoms with Crippen LogP contribution in [0.15, 0.2) is 42.5 Å². The van der Waals surface area contributed by atoms with Crippen LogP contribution in [0.1, 0.15) is 5.56 Å². The maximum Gasteiger partial charge on any atom is 0.246 e. The van der Waals surface area contributed by atoms with Crippen molar-refractivity contribution in [2.75, 3.05) is 57.2 Å². The number of anilines is 2. The Kier molecular flexibility index (Phi) is 5.90. The number of carbonyl (C=O) groups excluding carboxylic acids is 1. The molecule has 1 amide bonds. The number of ether oxygens (including phenoxy) is 1. The molecule has 0 saturated carbocycles. The normalized spacial score (nSPS) is 14.5. The van der Waals surface area contributed by atoms with Gasteiger partial charge in [-0.05, 0) is 35.9 Å². The summed E-state index contributed by atoms with van der Waals surface area (Å²) in [7, 11) is 5.51. The molecule has 27 heavy (non-hydrogen) atoms. The molecule has 1 saturated heterocycles. The van der Waals surface area contributed by atoms with Crippen molar-refractivity contribution in [3.05, 3.63) is 48.0 Å². The maximum atomic E-state index is 12.4. The van der Waals surface area contributed by atoms with Crippen LogP contribution in [0.5, 0.6) is 5.75 Å². The molecule has 1 aromatic heterocycles. The lowest BCUT2D eigenvalue weighted by Crippen LogP contribution is -2.48. The number of amides is 1. The highest BCUT2D eigenvalue weighted by molar-refractivity contribution is 5.92. The Labute approximate surface area is 159 Å². The fraction of sp³-hybridized carbons (Fsp3) is 0.350. The third-order valence-electron chi connectivity index (χ3n) is 4.54. The maximum absolute atomic E-state index is 12.4. The summed E-state index contributed by atoms with van der Waals surface area (Å²) in [5, 5.41) is 8.51. The van der Waals surface area contributed by atoms with Gasteiger partial charge in [0.05, 0.1) is 7.11 Å². The molecule has 2 aromatic rings. The van der Waals surface area contributed by atoms with Crippen LogP contribution in [-0.2, 0) is 4.79 Å². The van der Waals surface area contributed by atoms with Gasteiger partial charge in [-0.1, -0.05) is 12.1 Å². The van der Waals surface area contributed by atoms with Crippen molar-refractivity contribution in [2.24, 2.45) is 0 Å². The zero-order chi connectivity index (χ0) is 19.2. The predicted molar refractivity (Wildman–Crippen MR) is 107 cm³/mol. The van der Waals surface area contributed by atoms with Crippen LogP contribution in [0.2, 0.25) is 0 Å². The number of piperazine rings is 1. The van der Waals surface area contributed by atoms with Crippen LogP contribution in [0.4, 0.5) is 11.6 Å². The van der Waals surface area contributed by atoms with Gasteiger partial charge < -0.3 is 19.4 Å². The molecule has 1 aliphatic heterocycles. The molecule has 7 heteroatoms. The van der Waals surface area contributed by atoms with Crippen LogP contribution in [0, 0.1) is 0 Å². The lowest BCUT2D eigenvalue weighted by molar-refractivity contribution is -0.126. The summed E-state index contributed by atoms with van der Waals surface area (Å²) in [6.45, 7) is 2.84. The molecule has 0 atom stereocenters. The second-order valence-corrected chi connectivity index (χ2v) is 6.56. The van der Waals surface area contributed by atoms with Gasteiger partial charge in [-0.3, -0.25) is 4.79 Å². The minimum atomic E-state index is 0.0273. The van der Waals surface area contributed by atoms with E-state index >= 15 is 0 Å². The van der Waals surface area contributed by atoms with Crippen LogP contribution in [-0.4, -0.2) is 68.4 Å². The highest BCUT2D eigenvalue weighted by Gasteiger charge is 2.20. The van der Waals surface area contributed by atoms with Crippen molar-refractivity contribution < 1.29 is 9.53 Å². The van der Waals surface area contributed by atoms with Gasteiger partial charge in [0, 0.05) is 46.4 Å². The van der Waals surface area contributed by atoms with E-state index in [-0.39, 0.29) is 5.91 Å². The van der Waals surface area contributed by atoms with Gasteiger partial charge >= 0.3 is 0 Å². The topological polar surface area (TPSA) is 61.8 Å². The lowest BCUT2D eigenvalue weighted by Gasteiger charge is -2.34. The predicted octanol–water partition coefficient (Wildman–Crippen LogP) is 1.91. The summed E-state index contributed by atoms with van der Waals surface area (Å²) in [6, 6.07) is 11.5. The van der Waals surface area contributed by atoms with Gasteiger partial charge in [0.15, 0.2) is 11.6 Å². The zero-order valence-corrected chi connectivity index (χ0v) is 16.0. The van der Waals surface area contributed by atoms with E-state index in [4.69, 9.17) is 4.74 Å². The van der Waals surface area contributed by atoms with Crippen LogP contribution in [0.25, 0.3) is 6.08 Å². The Bertz CT molecular complexity index is 779. The molecule has 7 nitrogen and oxygen atoms in total. The van der Waals surface area contributed by atoms with Crippen molar-refractivity contribution in [3.63, 3.8) is 0 Å². The summed E-state index contributed by atoms with van der Waals surface area (Å²) < 4.78 is 5.14. The Morgan fingerprint density at radius 3 is 2.30 bits per heavy atom. The highest BCUT2D eigenvalue weighted by Crippen LogP contribution is 2.16. The lowest BCUT2D eigenvalue weighted by atomic mass is 10.2. The van der Waals surface area contributed by atoms with Gasteiger partial charge in [-0.25, -0.2) is 0 Å². The summed E-state index contributed by atoms with van der Waals surface area (Å²) >= 11 is 0. The number of rotatable bonds is 5. The number of hydrogen-bond donors (Lipinski definition) is 0. The fourth-order valence-corrected chi connectivity index (χ4v) is 2.87. The number of carbonyl (C=O) groups is 1. The monoisotopic (exact) mass is 367 g/mol. The molecule has 0 spiro atoms. The van der Waals surface area contributed by atoms with Crippen molar-refractivity contribution in [2.45, 2.75) is 0 Å². The van der Waals surface area contributed by atoms with E-state index in [0.29, 0.717) is 13.1 Å². The minimum absolute atomic E-state index is 0.0273. The third-order valence-corrected chi connectivity index (χ3v) is 4.54. The highest BCUT2D eigenvalue weighted by atomic mass is 16.5. The molecular formula is C20H25N5O2. The van der Waals surface area contributed by atoms with E-state index in [1.165, 1.54) is 0 Å². The molecule has 0 unspecified atom stereocenters. The summed E-state index contributed by atoms with van der Waals surface area (Å²) in [5.41, 5.74) is 0.971. The average Bonchev–Trinajstić information content (AvgIpc) is 2.72. The number of nitrogens with zero attached hydrogens (tertiary/aromatic N) is 5. The van der Waals surface area contributed by atoms with E-state index in [9.17, 15) is 4.79 Å². The molecule has 0 N–H and O–H groups in total. The first kappa shape index (κ1) is 18.7. The molecule has 1 aromatic carbocycles. The van der Waals surface area contributed by atoms with Crippen molar-refractivity contribution in [1.29, 1.82) is 0 Å². The smallest absolute Gasteiger partial charge is 0.246 e. The summed E-state index contributed by atoms with van der Waals surface area (Å²) in [4.78, 5) is 18.4. The first-order valence-corrected chi connectivity index (χ1v) is 8.94. The Morgan fingerprint density at radius 1 is 1.04 bits per heavy atom. The van der Waals surface area contributed by atoms with Gasteiger partial charge in [0.2, 0.25) is 5.91 Å². The average molecular weight is 367 g/mol. The molecule has 3 rings (SSSR count). The molecular weight excluding hydrogens is 342 g/mol. The number of hydrogen-bond acceptors (Lipinski definition) is 6. The molecule has 1 aliphatic rings. The first-order chi connectivity index (χ1) is 13.1. The van der Waals surface area contributed by atoms with E-state index in [1.54, 1.807) is 13.2 Å². The SMILES string of the molecule is COc1ccc(/C=C/C(=O)N2CCN(c3ccc(N(C)C)nn3)CC2)cc1. The largest absolute Gasteiger partial charge is 0.497 e. The van der Waals surface area contributed by atoms with Crippen molar-refractivity contribution in [3.8, 4) is 5.75 Å². The van der Waals surface area contributed by atoms with Gasteiger partial charge in [0.25, 0.3) is 0 Å². The van der Waals surface area contributed by atoms with Crippen LogP contribution in [0.3, 0.4) is 0 Å². The van der Waals surface area contributed by atoms with Gasteiger partial charge in [-0.15, -0.1) is 10.2 Å². The fourth-order valence-electron chi connectivity index (χ4n) is 2.87. The molecule has 0 bridgehead atoms. The van der Waals surface area contributed by atoms with Gasteiger partial charge in [-0.2, -0.15) is 0 Å². The van der Waals surface area contributed by atoms with E-state index in [0.717, 1.165) is 36.0 Å². The van der Waals surface area contributed by atoms with Crippen molar-refractivity contribution >= 4 is 23.6 Å². The van der Waals surface area contributed by atoms with E-state index in [2.05, 4.69) is 15.1 Å². The second-order valence-electron chi connectivity index (χ2n) is 6.56. The number of methoxy groups -OCH3 is 1. The summed E-state index contributed by atoms with van der Waals surface area (Å²) in [6.07, 6.45) is 3.46. The zero-order valence-electron chi connectivity index (χ0n) is 16.0. The standard InChI is InChI=1S/C20H25N5O2/c1-23(2)18-9-10-19(22-21-18)24-12-14-25(15-13-24)20(26)11-6-16-4-7-17(27-3)8-5-16/h4-11H,12-15H2,1-3H3/b11-6+. The van der Waals surface area contributed by atoms with E-state index < -0.39 is 0 Å². The number of aromatic nitrogens is 2. The molecule has 2 heterocycles. The minimum Gasteiger partial charge on any atom is -0.497 e. The first-order valence-electron chi connectivity index (χ1n) is 8.94. The Morgan fingerprint density at radius 2 is 1.74 bits per heavy atom. The Hall–Kier alpha value is -3.09. The second kappa shape index (κ2) is 8.53. The molecule has 0 aliphatic carbocycles. The number of benzene rings is 1. The van der Waals surface area contributed by atoms with Crippen LogP contribution >= 0.6 is 0 Å². The van der Waals surface area contributed by atoms with Crippen molar-refractivity contribution in [1.82, 2.24) is 15.1 Å². The summed E-state index contributed by atoms with van der Waals surface area (Å²) in [5.74, 6) is 2.51. The molecule has 1 fully saturated rings. The van der Waals surface area contributed by atoms with E-state index in [1.807, 2.05) is 66.4 Å². The van der Waals surface area contributed by atoms with Gasteiger partial charge in [0.1, 0.15) is 5.75 Å². The molecule has 142 valence electrons. The molecule has 0 radical (unpaired) electrons.